The lowest BCUT2D eigenvalue weighted by Gasteiger charge is -2.30. The number of aryl methyl sites for hydroxylation is 2. The molecule has 0 saturated heterocycles. The van der Waals surface area contributed by atoms with E-state index in [0.717, 1.165) is 29.3 Å². The van der Waals surface area contributed by atoms with Gasteiger partial charge in [0.05, 0.1) is 24.6 Å². The lowest BCUT2D eigenvalue weighted by Crippen LogP contribution is -2.12. The molecule has 0 spiro atoms. The summed E-state index contributed by atoms with van der Waals surface area (Å²) in [5.74, 6) is -0.400. The van der Waals surface area contributed by atoms with Gasteiger partial charge in [0.15, 0.2) is 0 Å². The van der Waals surface area contributed by atoms with Crippen molar-refractivity contribution in [2.45, 2.75) is 26.9 Å². The first kappa shape index (κ1) is 23.8. The molecule has 3 rings (SSSR count). The van der Waals surface area contributed by atoms with Crippen LogP contribution in [-0.4, -0.2) is 19.7 Å². The minimum Gasteiger partial charge on any atom is -0.466 e. The fourth-order valence-electron chi connectivity index (χ4n) is 3.54. The van der Waals surface area contributed by atoms with E-state index in [1.165, 1.54) is 25.3 Å². The highest BCUT2D eigenvalue weighted by molar-refractivity contribution is 7.59. The Kier molecular flexibility index (Phi) is 6.67. The van der Waals surface area contributed by atoms with Gasteiger partial charge in [0, 0.05) is 17.2 Å². The number of alkyl halides is 3. The molecule has 170 valence electrons. The van der Waals surface area contributed by atoms with Gasteiger partial charge in [-0.15, -0.1) is 0 Å². The number of hydrogen-bond donors (Lipinski definition) is 0. The minimum atomic E-state index is -4.50. The zero-order chi connectivity index (χ0) is 23.7. The van der Waals surface area contributed by atoms with Crippen LogP contribution in [0.2, 0.25) is 0 Å². The summed E-state index contributed by atoms with van der Waals surface area (Å²) in [6.07, 6.45) is -2.15. The van der Waals surface area contributed by atoms with Gasteiger partial charge >= 0.3 is 19.7 Å². The maximum Gasteiger partial charge on any atom is 0.416 e. The number of allylic oxidation sites excluding steroid dienone is 2. The van der Waals surface area contributed by atoms with Crippen molar-refractivity contribution >= 4 is 19.1 Å². The highest BCUT2D eigenvalue weighted by atomic mass is 31.2. The third kappa shape index (κ3) is 4.66. The number of carbonyl (C=O) groups is 1. The first-order valence-electron chi connectivity index (χ1n) is 9.74. The number of benzene rings is 2. The van der Waals surface area contributed by atoms with Gasteiger partial charge < -0.3 is 9.26 Å². The predicted molar refractivity (Wildman–Crippen MR) is 114 cm³/mol. The lowest BCUT2D eigenvalue weighted by atomic mass is 9.91. The largest absolute Gasteiger partial charge is 0.466 e. The average Bonchev–Trinajstić information content (AvgIpc) is 2.71. The van der Waals surface area contributed by atoms with E-state index in [4.69, 9.17) is 9.05 Å². The number of fused-ring (bicyclic) bond motifs is 1. The van der Waals surface area contributed by atoms with Crippen LogP contribution in [0.5, 0.6) is 5.75 Å². The summed E-state index contributed by atoms with van der Waals surface area (Å²) in [5.41, 5.74) is 2.11. The van der Waals surface area contributed by atoms with E-state index in [1.807, 2.05) is 19.9 Å². The topological polar surface area (TPSA) is 61.8 Å². The molecule has 0 saturated carbocycles. The van der Waals surface area contributed by atoms with Crippen LogP contribution in [-0.2, 0) is 24.8 Å². The number of esters is 1. The Bertz CT molecular complexity index is 1150. The smallest absolute Gasteiger partial charge is 0.416 e. The van der Waals surface area contributed by atoms with Crippen molar-refractivity contribution in [2.75, 3.05) is 13.7 Å². The number of rotatable bonds is 5. The van der Waals surface area contributed by atoms with Crippen LogP contribution in [0.4, 0.5) is 13.2 Å². The molecule has 9 heteroatoms. The number of carbonyl (C=O) groups excluding carboxylic acids is 1. The molecule has 0 aromatic heterocycles. The molecule has 0 radical (unpaired) electrons. The second kappa shape index (κ2) is 8.96. The van der Waals surface area contributed by atoms with Crippen LogP contribution < -0.4 is 4.52 Å². The van der Waals surface area contributed by atoms with Crippen molar-refractivity contribution in [2.24, 2.45) is 0 Å². The Hall–Kier alpha value is -2.83. The zero-order valence-corrected chi connectivity index (χ0v) is 18.8. The fourth-order valence-corrected chi connectivity index (χ4v) is 5.34. The van der Waals surface area contributed by atoms with Gasteiger partial charge in [-0.25, -0.2) is 9.36 Å². The van der Waals surface area contributed by atoms with Crippen molar-refractivity contribution in [1.29, 1.82) is 0 Å². The number of hydrogen-bond acceptors (Lipinski definition) is 5. The van der Waals surface area contributed by atoms with Crippen LogP contribution in [0.25, 0.3) is 5.57 Å². The van der Waals surface area contributed by atoms with E-state index < -0.39 is 25.3 Å². The van der Waals surface area contributed by atoms with Gasteiger partial charge in [0.1, 0.15) is 5.75 Å². The van der Waals surface area contributed by atoms with Gasteiger partial charge in [-0.1, -0.05) is 18.2 Å². The molecule has 1 aliphatic heterocycles. The third-order valence-corrected chi connectivity index (χ3v) is 6.84. The summed E-state index contributed by atoms with van der Waals surface area (Å²) in [5, 5.41) is 0.0592. The molecule has 0 fully saturated rings. The molecule has 2 aromatic carbocycles. The first-order chi connectivity index (χ1) is 15.0. The lowest BCUT2D eigenvalue weighted by molar-refractivity contribution is -0.137. The van der Waals surface area contributed by atoms with Crippen LogP contribution in [0.1, 0.15) is 34.7 Å². The third-order valence-electron chi connectivity index (χ3n) is 4.84. The zero-order valence-electron chi connectivity index (χ0n) is 17.9. The summed E-state index contributed by atoms with van der Waals surface area (Å²) >= 11 is 0. The van der Waals surface area contributed by atoms with Crippen molar-refractivity contribution in [3.8, 4) is 5.75 Å². The molecule has 0 amide bonds. The molecule has 0 aliphatic carbocycles. The molecule has 1 aliphatic rings. The summed E-state index contributed by atoms with van der Waals surface area (Å²) in [6.45, 7) is 5.35. The van der Waals surface area contributed by atoms with E-state index in [0.29, 0.717) is 22.4 Å². The quantitative estimate of drug-likeness (QED) is 0.289. The second-order valence-corrected chi connectivity index (χ2v) is 9.07. The van der Waals surface area contributed by atoms with E-state index >= 15 is 0 Å². The van der Waals surface area contributed by atoms with E-state index in [2.05, 4.69) is 4.74 Å². The van der Waals surface area contributed by atoms with Crippen LogP contribution in [0.15, 0.2) is 53.9 Å². The Morgan fingerprint density at radius 2 is 1.81 bits per heavy atom. The predicted octanol–water partition coefficient (Wildman–Crippen LogP) is 6.43. The number of ether oxygens (including phenoxy) is 1. The Morgan fingerprint density at radius 1 is 1.16 bits per heavy atom. The molecule has 1 atom stereocenters. The van der Waals surface area contributed by atoms with Crippen molar-refractivity contribution in [3.05, 3.63) is 81.7 Å². The maximum atomic E-state index is 13.8. The number of methoxy groups -OCH3 is 1. The highest BCUT2D eigenvalue weighted by Gasteiger charge is 2.40. The second-order valence-electron chi connectivity index (χ2n) is 7.15. The summed E-state index contributed by atoms with van der Waals surface area (Å²) in [6, 6.07) is 8.08. The summed E-state index contributed by atoms with van der Waals surface area (Å²) in [4.78, 5) is 11.8. The molecule has 1 unspecified atom stereocenters. The summed E-state index contributed by atoms with van der Waals surface area (Å²) in [7, 11) is -2.77. The molecule has 5 nitrogen and oxygen atoms in total. The van der Waals surface area contributed by atoms with Gasteiger partial charge in [-0.3, -0.25) is 4.52 Å². The molecule has 32 heavy (non-hydrogen) atoms. The van der Waals surface area contributed by atoms with Gasteiger partial charge in [-0.05, 0) is 61.7 Å². The monoisotopic (exact) mass is 466 g/mol. The Morgan fingerprint density at radius 3 is 2.38 bits per heavy atom. The highest BCUT2D eigenvalue weighted by Crippen LogP contribution is 2.64. The molecule has 1 heterocycles. The van der Waals surface area contributed by atoms with Crippen LogP contribution >= 0.6 is 7.60 Å². The van der Waals surface area contributed by atoms with Crippen LogP contribution in [0.3, 0.4) is 0 Å². The number of halogens is 3. The minimum absolute atomic E-state index is 0.0489. The van der Waals surface area contributed by atoms with Crippen molar-refractivity contribution in [1.82, 2.24) is 0 Å². The van der Waals surface area contributed by atoms with E-state index in [9.17, 15) is 22.5 Å². The standard InChI is InChI=1S/C23H22F3O5P/c1-5-30-32(28)19(10-11-20(27)29-4)22(16-6-8-17(9-7-16)23(24,25)26)21-15(3)12-14(2)13-18(21)31-32/h6-13H,5H2,1-4H3/b11-10+. The SMILES string of the molecule is CCOP1(=O)Oc2cc(C)cc(C)c2C(c2ccc(C(F)(F)F)cc2)=C1/C=C/C(=O)OC. The van der Waals surface area contributed by atoms with Gasteiger partial charge in [0.25, 0.3) is 0 Å². The average molecular weight is 466 g/mol. The van der Waals surface area contributed by atoms with E-state index in [1.54, 1.807) is 13.0 Å². The molecule has 0 N–H and O–H groups in total. The first-order valence-corrected chi connectivity index (χ1v) is 11.3. The Balaban J connectivity index is 2.37. The molecule has 0 bridgehead atoms. The molecule has 2 aromatic rings. The van der Waals surface area contributed by atoms with Crippen LogP contribution in [0, 0.1) is 13.8 Å². The Labute approximate surface area is 184 Å². The maximum absolute atomic E-state index is 13.8. The van der Waals surface area contributed by atoms with Crippen molar-refractivity contribution in [3.63, 3.8) is 0 Å². The summed E-state index contributed by atoms with van der Waals surface area (Å²) < 4.78 is 69.0. The van der Waals surface area contributed by atoms with Gasteiger partial charge in [-0.2, -0.15) is 13.2 Å². The van der Waals surface area contributed by atoms with Gasteiger partial charge in [0.2, 0.25) is 0 Å². The van der Waals surface area contributed by atoms with Crippen molar-refractivity contribution < 1.29 is 36.3 Å². The van der Waals surface area contributed by atoms with E-state index in [-0.39, 0.29) is 11.9 Å². The molecular weight excluding hydrogens is 444 g/mol. The normalized spacial score (nSPS) is 18.5. The molecular formula is C23H22F3O5P. The fraction of sp³-hybridized carbons (Fsp3) is 0.261.